The van der Waals surface area contributed by atoms with Crippen molar-refractivity contribution in [2.75, 3.05) is 33.1 Å². The Hall–Kier alpha value is -1.90. The average molecular weight is 380 g/mol. The number of hydrogen-bond donors (Lipinski definition) is 1. The molecule has 0 radical (unpaired) electrons. The van der Waals surface area contributed by atoms with Gasteiger partial charge in [0.05, 0.1) is 25.0 Å². The molecule has 1 aromatic heterocycles. The van der Waals surface area contributed by atoms with Gasteiger partial charge in [-0.05, 0) is 25.5 Å². The van der Waals surface area contributed by atoms with E-state index in [0.717, 1.165) is 16.5 Å². The average Bonchev–Trinajstić information content (AvgIpc) is 3.11. The van der Waals surface area contributed by atoms with Crippen LogP contribution in [0.15, 0.2) is 22.6 Å². The fourth-order valence-electron chi connectivity index (χ4n) is 3.13. The molecule has 1 N–H and O–H groups in total. The molecule has 3 rings (SSSR count). The number of hydrogen-bond acceptors (Lipinski definition) is 5. The van der Waals surface area contributed by atoms with Crippen LogP contribution in [0.5, 0.6) is 0 Å². The fraction of sp³-hybridized carbons (Fsp3) is 0.500. The van der Waals surface area contributed by atoms with Crippen molar-refractivity contribution in [3.05, 3.63) is 35.1 Å². The Labute approximate surface area is 153 Å². The number of rotatable bonds is 5. The summed E-state index contributed by atoms with van der Waals surface area (Å²) in [7, 11) is -0.373. The van der Waals surface area contributed by atoms with Crippen LogP contribution >= 0.6 is 0 Å². The van der Waals surface area contributed by atoms with Crippen molar-refractivity contribution in [3.8, 4) is 0 Å². The Morgan fingerprint density at radius 3 is 2.69 bits per heavy atom. The first kappa shape index (κ1) is 18.9. The quantitative estimate of drug-likeness (QED) is 0.853. The first-order valence-corrected chi connectivity index (χ1v) is 10.1. The van der Waals surface area contributed by atoms with Gasteiger partial charge in [0.2, 0.25) is 10.0 Å². The summed E-state index contributed by atoms with van der Waals surface area (Å²) in [6.45, 7) is 4.39. The Bertz CT molecular complexity index is 932. The fourth-order valence-corrected chi connectivity index (χ4v) is 4.29. The van der Waals surface area contributed by atoms with E-state index in [-0.39, 0.29) is 36.0 Å². The number of nitrogens with zero attached hydrogens (tertiary/aromatic N) is 1. The van der Waals surface area contributed by atoms with Crippen LogP contribution in [0, 0.1) is 19.8 Å². The van der Waals surface area contributed by atoms with Crippen molar-refractivity contribution < 1.29 is 22.4 Å². The second-order valence-corrected chi connectivity index (χ2v) is 9.22. The SMILES string of the molecule is Cc1ccc2c(C)c(C(=O)N[C@@H]3COC[C@H]3CS(=O)(=O)N(C)C)oc2c1. The smallest absolute Gasteiger partial charge is 0.287 e. The standard InChI is InChI=1S/C18H24N2O5S/c1-11-5-6-14-12(2)17(25-16(14)7-11)18(21)19-15-9-24-8-13(15)10-26(22,23)20(3)4/h5-7,13,15H,8-10H2,1-4H3,(H,19,21)/t13-,15+/m0/s1. The minimum atomic E-state index is -3.37. The predicted molar refractivity (Wildman–Crippen MR) is 98.7 cm³/mol. The second kappa shape index (κ2) is 7.02. The largest absolute Gasteiger partial charge is 0.451 e. The van der Waals surface area contributed by atoms with Gasteiger partial charge in [-0.1, -0.05) is 12.1 Å². The third kappa shape index (κ3) is 3.62. The predicted octanol–water partition coefficient (Wildman–Crippen LogP) is 1.69. The minimum Gasteiger partial charge on any atom is -0.451 e. The number of benzene rings is 1. The van der Waals surface area contributed by atoms with E-state index in [4.69, 9.17) is 9.15 Å². The Kier molecular flexibility index (Phi) is 5.09. The van der Waals surface area contributed by atoms with E-state index in [1.54, 1.807) is 0 Å². The van der Waals surface area contributed by atoms with Crippen molar-refractivity contribution in [1.82, 2.24) is 9.62 Å². The van der Waals surface area contributed by atoms with E-state index in [9.17, 15) is 13.2 Å². The molecule has 7 nitrogen and oxygen atoms in total. The van der Waals surface area contributed by atoms with Gasteiger partial charge in [-0.2, -0.15) is 0 Å². The zero-order chi connectivity index (χ0) is 19.1. The maximum absolute atomic E-state index is 12.7. The Morgan fingerprint density at radius 2 is 2.00 bits per heavy atom. The molecule has 0 bridgehead atoms. The van der Waals surface area contributed by atoms with Crippen molar-refractivity contribution >= 4 is 26.9 Å². The van der Waals surface area contributed by atoms with Crippen LogP contribution in [0.3, 0.4) is 0 Å². The first-order valence-electron chi connectivity index (χ1n) is 8.47. The summed E-state index contributed by atoms with van der Waals surface area (Å²) in [5.74, 6) is -0.451. The van der Waals surface area contributed by atoms with E-state index in [1.165, 1.54) is 18.4 Å². The molecule has 1 aliphatic heterocycles. The topological polar surface area (TPSA) is 88.8 Å². The molecule has 0 spiro atoms. The van der Waals surface area contributed by atoms with Crippen LogP contribution in [0.1, 0.15) is 21.7 Å². The molecule has 0 saturated carbocycles. The second-order valence-electron chi connectivity index (χ2n) is 6.99. The molecule has 2 atom stereocenters. The molecule has 0 unspecified atom stereocenters. The number of nitrogens with one attached hydrogen (secondary N) is 1. The maximum atomic E-state index is 12.7. The van der Waals surface area contributed by atoms with E-state index < -0.39 is 10.0 Å². The zero-order valence-electron chi connectivity index (χ0n) is 15.4. The van der Waals surface area contributed by atoms with E-state index in [0.29, 0.717) is 12.2 Å². The molecule has 26 heavy (non-hydrogen) atoms. The highest BCUT2D eigenvalue weighted by Crippen LogP contribution is 2.26. The normalized spacial score (nSPS) is 20.8. The van der Waals surface area contributed by atoms with Crippen LogP contribution in [0.4, 0.5) is 0 Å². The van der Waals surface area contributed by atoms with Gasteiger partial charge in [-0.15, -0.1) is 0 Å². The van der Waals surface area contributed by atoms with Gasteiger partial charge in [-0.25, -0.2) is 12.7 Å². The first-order chi connectivity index (χ1) is 12.2. The highest BCUT2D eigenvalue weighted by atomic mass is 32.2. The van der Waals surface area contributed by atoms with Crippen molar-refractivity contribution in [2.45, 2.75) is 19.9 Å². The highest BCUT2D eigenvalue weighted by Gasteiger charge is 2.35. The number of aryl methyl sites for hydroxylation is 2. The molecule has 1 amide bonds. The Balaban J connectivity index is 1.78. The van der Waals surface area contributed by atoms with Crippen molar-refractivity contribution in [2.24, 2.45) is 5.92 Å². The number of fused-ring (bicyclic) bond motifs is 1. The van der Waals surface area contributed by atoms with E-state index in [1.807, 2.05) is 32.0 Å². The van der Waals surface area contributed by atoms with Crippen LogP contribution in [0.25, 0.3) is 11.0 Å². The van der Waals surface area contributed by atoms with Gasteiger partial charge in [0, 0.05) is 31.0 Å². The molecule has 0 aliphatic carbocycles. The minimum absolute atomic E-state index is 0.0662. The number of carbonyl (C=O) groups excluding carboxylic acids is 1. The highest BCUT2D eigenvalue weighted by molar-refractivity contribution is 7.89. The number of carbonyl (C=O) groups is 1. The van der Waals surface area contributed by atoms with Crippen LogP contribution in [-0.4, -0.2) is 57.7 Å². The molecule has 1 fully saturated rings. The van der Waals surface area contributed by atoms with Crippen LogP contribution in [-0.2, 0) is 14.8 Å². The number of amides is 1. The Morgan fingerprint density at radius 1 is 1.27 bits per heavy atom. The summed E-state index contributed by atoms with van der Waals surface area (Å²) in [6, 6.07) is 5.43. The lowest BCUT2D eigenvalue weighted by atomic mass is 10.1. The van der Waals surface area contributed by atoms with Gasteiger partial charge in [0.15, 0.2) is 5.76 Å². The van der Waals surface area contributed by atoms with Gasteiger partial charge in [-0.3, -0.25) is 4.79 Å². The van der Waals surface area contributed by atoms with Gasteiger partial charge in [0.25, 0.3) is 5.91 Å². The number of furan rings is 1. The summed E-state index contributed by atoms with van der Waals surface area (Å²) >= 11 is 0. The van der Waals surface area contributed by atoms with Gasteiger partial charge >= 0.3 is 0 Å². The molecule has 1 saturated heterocycles. The van der Waals surface area contributed by atoms with E-state index in [2.05, 4.69) is 5.32 Å². The molecular formula is C18H24N2O5S. The lowest BCUT2D eigenvalue weighted by Gasteiger charge is -2.20. The third-order valence-electron chi connectivity index (χ3n) is 4.80. The molecule has 142 valence electrons. The van der Waals surface area contributed by atoms with Crippen molar-refractivity contribution in [1.29, 1.82) is 0 Å². The summed E-state index contributed by atoms with van der Waals surface area (Å²) in [5.41, 5.74) is 2.49. The number of sulfonamides is 1. The monoisotopic (exact) mass is 380 g/mol. The van der Waals surface area contributed by atoms with E-state index >= 15 is 0 Å². The molecule has 1 aliphatic rings. The molecular weight excluding hydrogens is 356 g/mol. The van der Waals surface area contributed by atoms with Crippen LogP contribution in [0.2, 0.25) is 0 Å². The lowest BCUT2D eigenvalue weighted by Crippen LogP contribution is -2.43. The molecule has 1 aromatic carbocycles. The zero-order valence-corrected chi connectivity index (χ0v) is 16.2. The summed E-state index contributed by atoms with van der Waals surface area (Å²) < 4.78 is 36.6. The maximum Gasteiger partial charge on any atom is 0.287 e. The molecule has 8 heteroatoms. The summed E-state index contributed by atoms with van der Waals surface area (Å²) in [4.78, 5) is 12.7. The molecule has 2 heterocycles. The van der Waals surface area contributed by atoms with Crippen molar-refractivity contribution in [3.63, 3.8) is 0 Å². The third-order valence-corrected chi connectivity index (χ3v) is 6.76. The van der Waals surface area contributed by atoms with Crippen LogP contribution < -0.4 is 5.32 Å². The van der Waals surface area contributed by atoms with Gasteiger partial charge < -0.3 is 14.5 Å². The summed E-state index contributed by atoms with van der Waals surface area (Å²) in [5, 5.41) is 3.78. The summed E-state index contributed by atoms with van der Waals surface area (Å²) in [6.07, 6.45) is 0. The van der Waals surface area contributed by atoms with Gasteiger partial charge in [0.1, 0.15) is 5.58 Å². The lowest BCUT2D eigenvalue weighted by molar-refractivity contribution is 0.0899. The number of ether oxygens (including phenoxy) is 1. The molecule has 2 aromatic rings.